The summed E-state index contributed by atoms with van der Waals surface area (Å²) in [6.45, 7) is 1.83. The first-order valence-corrected chi connectivity index (χ1v) is 11.3. The van der Waals surface area contributed by atoms with Crippen LogP contribution < -0.4 is 16.8 Å². The number of carbonyl (C=O) groups is 1. The van der Waals surface area contributed by atoms with Gasteiger partial charge in [-0.2, -0.15) is 0 Å². The van der Waals surface area contributed by atoms with E-state index in [1.165, 1.54) is 19.3 Å². The van der Waals surface area contributed by atoms with Crippen LogP contribution in [0.5, 0.6) is 0 Å². The number of carbonyl (C=O) groups excluding carboxylic acids is 1. The normalized spacial score (nSPS) is 15.2. The molecule has 8 nitrogen and oxygen atoms in total. The molecule has 1 aliphatic rings. The van der Waals surface area contributed by atoms with Crippen LogP contribution in [0.15, 0.2) is 29.5 Å². The van der Waals surface area contributed by atoms with Crippen molar-refractivity contribution in [3.05, 3.63) is 24.5 Å². The number of pyridine rings is 1. The number of aromatic nitrogens is 1. The Hall–Kier alpha value is -2.19. The van der Waals surface area contributed by atoms with E-state index in [0.29, 0.717) is 32.0 Å². The summed E-state index contributed by atoms with van der Waals surface area (Å²) >= 11 is 0. The predicted octanol–water partition coefficient (Wildman–Crippen LogP) is 3.20. The molecule has 1 heterocycles. The monoisotopic (exact) mass is 418 g/mol. The van der Waals surface area contributed by atoms with Crippen LogP contribution in [0.25, 0.3) is 0 Å². The number of aliphatic imine (C=N–C) groups is 1. The van der Waals surface area contributed by atoms with E-state index in [0.717, 1.165) is 50.6 Å². The number of nitrogens with zero attached hydrogens (tertiary/aromatic N) is 3. The lowest BCUT2D eigenvalue weighted by atomic mass is 9.98. The summed E-state index contributed by atoms with van der Waals surface area (Å²) in [7, 11) is 0. The lowest BCUT2D eigenvalue weighted by Crippen LogP contribution is -2.37. The lowest BCUT2D eigenvalue weighted by molar-refractivity contribution is -0.211. The molecule has 0 bridgehead atoms. The third kappa shape index (κ3) is 10.0. The third-order valence-corrected chi connectivity index (χ3v) is 5.21. The highest BCUT2D eigenvalue weighted by Crippen LogP contribution is 2.22. The summed E-state index contributed by atoms with van der Waals surface area (Å²) in [5, 5.41) is 4.62. The molecule has 8 heteroatoms. The molecule has 1 fully saturated rings. The van der Waals surface area contributed by atoms with E-state index < -0.39 is 0 Å². The van der Waals surface area contributed by atoms with Gasteiger partial charge in [-0.3, -0.25) is 19.6 Å². The molecule has 0 atom stereocenters. The van der Waals surface area contributed by atoms with Gasteiger partial charge in [0.15, 0.2) is 5.96 Å². The minimum atomic E-state index is 0.0813. The van der Waals surface area contributed by atoms with Crippen LogP contribution in [-0.2, 0) is 9.63 Å². The molecule has 0 unspecified atom stereocenters. The number of hydrogen-bond acceptors (Lipinski definition) is 5. The first kappa shape index (κ1) is 24.1. The molecule has 1 aromatic rings. The Labute approximate surface area is 180 Å². The van der Waals surface area contributed by atoms with Crippen molar-refractivity contribution < 1.29 is 9.63 Å². The average molecular weight is 419 g/mol. The molecule has 0 aliphatic heterocycles. The molecular formula is C22H38N6O2. The summed E-state index contributed by atoms with van der Waals surface area (Å²) < 4.78 is 0. The molecule has 0 spiro atoms. The summed E-state index contributed by atoms with van der Waals surface area (Å²) in [6.07, 6.45) is 14.4. The van der Waals surface area contributed by atoms with Gasteiger partial charge in [0.2, 0.25) is 5.91 Å². The van der Waals surface area contributed by atoms with Gasteiger partial charge in [-0.05, 0) is 50.8 Å². The Kier molecular flexibility index (Phi) is 11.8. The zero-order valence-corrected chi connectivity index (χ0v) is 18.1. The maximum atomic E-state index is 12.6. The number of unbranched alkanes of at least 4 members (excludes halogenated alkanes) is 3. The summed E-state index contributed by atoms with van der Waals surface area (Å²) in [4.78, 5) is 26.9. The number of hydroxylamine groups is 2. The first-order chi connectivity index (χ1) is 14.7. The number of hydrogen-bond donors (Lipinski definition) is 3. The van der Waals surface area contributed by atoms with Crippen LogP contribution >= 0.6 is 0 Å². The van der Waals surface area contributed by atoms with Crippen molar-refractivity contribution in [1.29, 1.82) is 0 Å². The van der Waals surface area contributed by atoms with E-state index in [-0.39, 0.29) is 12.0 Å². The van der Waals surface area contributed by atoms with Crippen LogP contribution in [0.2, 0.25) is 0 Å². The van der Waals surface area contributed by atoms with E-state index in [1.807, 2.05) is 12.1 Å². The number of rotatable bonds is 13. The fourth-order valence-electron chi connectivity index (χ4n) is 3.51. The molecule has 168 valence electrons. The number of nitrogens with one attached hydrogen (secondary N) is 1. The van der Waals surface area contributed by atoms with Gasteiger partial charge in [0.1, 0.15) is 0 Å². The zero-order chi connectivity index (χ0) is 21.4. The van der Waals surface area contributed by atoms with Gasteiger partial charge < -0.3 is 16.8 Å². The molecule has 0 saturated heterocycles. The highest BCUT2D eigenvalue weighted by atomic mass is 16.7. The topological polar surface area (TPSA) is 119 Å². The highest BCUT2D eigenvalue weighted by molar-refractivity contribution is 5.92. The van der Waals surface area contributed by atoms with Crippen molar-refractivity contribution in [2.45, 2.75) is 76.7 Å². The van der Waals surface area contributed by atoms with E-state index in [4.69, 9.17) is 16.3 Å². The second-order valence-corrected chi connectivity index (χ2v) is 7.80. The van der Waals surface area contributed by atoms with E-state index in [9.17, 15) is 4.79 Å². The Morgan fingerprint density at radius 2 is 1.87 bits per heavy atom. The minimum absolute atomic E-state index is 0.0813. The van der Waals surface area contributed by atoms with Crippen molar-refractivity contribution in [1.82, 2.24) is 10.0 Å². The molecule has 0 aromatic carbocycles. The largest absolute Gasteiger partial charge is 0.370 e. The molecule has 0 radical (unpaired) electrons. The maximum absolute atomic E-state index is 12.6. The Bertz CT molecular complexity index is 619. The number of nitrogens with two attached hydrogens (primary N) is 2. The fraction of sp³-hybridized carbons (Fsp3) is 0.682. The Morgan fingerprint density at radius 3 is 2.60 bits per heavy atom. The lowest BCUT2D eigenvalue weighted by Gasteiger charge is -2.29. The number of guanidine groups is 1. The average Bonchev–Trinajstić information content (AvgIpc) is 2.77. The number of anilines is 1. The van der Waals surface area contributed by atoms with E-state index in [1.54, 1.807) is 17.5 Å². The van der Waals surface area contributed by atoms with Crippen molar-refractivity contribution in [2.75, 3.05) is 25.0 Å². The molecule has 1 amide bonds. The Balaban J connectivity index is 1.59. The van der Waals surface area contributed by atoms with Gasteiger partial charge >= 0.3 is 0 Å². The maximum Gasteiger partial charge on any atom is 0.246 e. The van der Waals surface area contributed by atoms with E-state index >= 15 is 0 Å². The van der Waals surface area contributed by atoms with Gasteiger partial charge in [0.05, 0.1) is 6.10 Å². The van der Waals surface area contributed by atoms with Gasteiger partial charge in [-0.1, -0.05) is 32.1 Å². The molecular weight excluding hydrogens is 380 g/mol. The first-order valence-electron chi connectivity index (χ1n) is 11.3. The van der Waals surface area contributed by atoms with Gasteiger partial charge in [0, 0.05) is 37.6 Å². The second-order valence-electron chi connectivity index (χ2n) is 7.80. The quantitative estimate of drug-likeness (QED) is 0.196. The molecule has 1 aromatic heterocycles. The highest BCUT2D eigenvalue weighted by Gasteiger charge is 2.21. The van der Waals surface area contributed by atoms with Crippen LogP contribution in [-0.4, -0.2) is 47.7 Å². The SMILES string of the molecule is NCCCN(OC1CCCCC1)C(=O)CCCCCCN=C(N)Nc1ccncc1. The molecule has 5 N–H and O–H groups in total. The predicted molar refractivity (Wildman–Crippen MR) is 121 cm³/mol. The van der Waals surface area contributed by atoms with Crippen molar-refractivity contribution in [3.8, 4) is 0 Å². The second kappa shape index (κ2) is 14.7. The molecule has 1 saturated carbocycles. The van der Waals surface area contributed by atoms with Crippen LogP contribution in [0.1, 0.15) is 70.6 Å². The van der Waals surface area contributed by atoms with Crippen LogP contribution in [0, 0.1) is 0 Å². The zero-order valence-electron chi connectivity index (χ0n) is 18.1. The fourth-order valence-corrected chi connectivity index (χ4v) is 3.51. The molecule has 2 rings (SSSR count). The molecule has 1 aliphatic carbocycles. The van der Waals surface area contributed by atoms with Crippen LogP contribution in [0.3, 0.4) is 0 Å². The summed E-state index contributed by atoms with van der Waals surface area (Å²) in [6, 6.07) is 3.68. The third-order valence-electron chi connectivity index (χ3n) is 5.21. The molecule has 30 heavy (non-hydrogen) atoms. The van der Waals surface area contributed by atoms with Crippen molar-refractivity contribution in [2.24, 2.45) is 16.5 Å². The van der Waals surface area contributed by atoms with E-state index in [2.05, 4.69) is 15.3 Å². The van der Waals surface area contributed by atoms with Crippen molar-refractivity contribution >= 4 is 17.6 Å². The van der Waals surface area contributed by atoms with Gasteiger partial charge in [-0.25, -0.2) is 5.06 Å². The van der Waals surface area contributed by atoms with Gasteiger partial charge in [0.25, 0.3) is 0 Å². The standard InChI is InChI=1S/C22H38N6O2/c23-14-8-18-28(30-20-9-4-3-5-10-20)21(29)11-6-1-2-7-15-26-22(24)27-19-12-16-25-17-13-19/h12-13,16-17,20H,1-11,14-15,18,23H2,(H3,24,25,26,27). The summed E-state index contributed by atoms with van der Waals surface area (Å²) in [5.41, 5.74) is 12.4. The van der Waals surface area contributed by atoms with Crippen molar-refractivity contribution in [3.63, 3.8) is 0 Å². The Morgan fingerprint density at radius 1 is 1.13 bits per heavy atom. The summed E-state index contributed by atoms with van der Waals surface area (Å²) in [5.74, 6) is 0.490. The number of amides is 1. The smallest absolute Gasteiger partial charge is 0.246 e. The van der Waals surface area contributed by atoms with Gasteiger partial charge in [-0.15, -0.1) is 0 Å². The van der Waals surface area contributed by atoms with Crippen LogP contribution in [0.4, 0.5) is 5.69 Å². The minimum Gasteiger partial charge on any atom is -0.370 e.